The maximum absolute atomic E-state index is 9.14. The lowest BCUT2D eigenvalue weighted by atomic mass is 10.0. The van der Waals surface area contributed by atoms with Gasteiger partial charge in [0, 0.05) is 6.04 Å². The van der Waals surface area contributed by atoms with Crippen molar-refractivity contribution in [1.29, 1.82) is 0 Å². The smallest absolute Gasteiger partial charge is 0.0587 e. The molecule has 0 fully saturated rings. The molecule has 84 valence electrons. The third-order valence-corrected chi connectivity index (χ3v) is 2.92. The number of aliphatic hydroxyl groups excluding tert-OH is 1. The van der Waals surface area contributed by atoms with Gasteiger partial charge in [-0.1, -0.05) is 42.5 Å². The van der Waals surface area contributed by atoms with Crippen LogP contribution in [-0.4, -0.2) is 24.8 Å². The highest BCUT2D eigenvalue weighted by Gasteiger charge is 2.05. The average molecular weight is 215 g/mol. The molecule has 2 aromatic rings. The zero-order valence-electron chi connectivity index (χ0n) is 9.48. The Labute approximate surface area is 95.9 Å². The number of rotatable bonds is 4. The highest BCUT2D eigenvalue weighted by Crippen LogP contribution is 2.16. The summed E-state index contributed by atoms with van der Waals surface area (Å²) in [5.74, 6) is 0. The van der Waals surface area contributed by atoms with Crippen LogP contribution in [0.15, 0.2) is 42.5 Å². The van der Waals surface area contributed by atoms with Gasteiger partial charge in [-0.2, -0.15) is 0 Å². The van der Waals surface area contributed by atoms with Crippen LogP contribution in [0.25, 0.3) is 10.8 Å². The Morgan fingerprint density at radius 3 is 2.56 bits per heavy atom. The Balaban J connectivity index is 2.25. The second-order valence-corrected chi connectivity index (χ2v) is 4.05. The SMILES string of the molecule is CNC(CO)Cc1ccc2ccccc2c1. The molecule has 0 amide bonds. The summed E-state index contributed by atoms with van der Waals surface area (Å²) in [7, 11) is 1.88. The van der Waals surface area contributed by atoms with Crippen LogP contribution in [0.2, 0.25) is 0 Å². The molecule has 2 N–H and O–H groups in total. The molecule has 0 saturated carbocycles. The molecule has 0 heterocycles. The van der Waals surface area contributed by atoms with Gasteiger partial charge in [-0.3, -0.25) is 0 Å². The predicted molar refractivity (Wildman–Crippen MR) is 67.6 cm³/mol. The van der Waals surface area contributed by atoms with Crippen molar-refractivity contribution in [1.82, 2.24) is 5.32 Å². The summed E-state index contributed by atoms with van der Waals surface area (Å²) in [6.07, 6.45) is 0.859. The lowest BCUT2D eigenvalue weighted by Crippen LogP contribution is -2.31. The van der Waals surface area contributed by atoms with Gasteiger partial charge < -0.3 is 10.4 Å². The second-order valence-electron chi connectivity index (χ2n) is 4.05. The van der Waals surface area contributed by atoms with E-state index >= 15 is 0 Å². The topological polar surface area (TPSA) is 32.3 Å². The fourth-order valence-electron chi connectivity index (χ4n) is 1.91. The normalized spacial score (nSPS) is 12.9. The molecule has 0 aliphatic rings. The van der Waals surface area contributed by atoms with Crippen LogP contribution >= 0.6 is 0 Å². The van der Waals surface area contributed by atoms with Crippen LogP contribution in [0.1, 0.15) is 5.56 Å². The number of likely N-dealkylation sites (N-methyl/N-ethyl adjacent to an activating group) is 1. The van der Waals surface area contributed by atoms with Crippen molar-refractivity contribution in [2.75, 3.05) is 13.7 Å². The molecule has 2 nitrogen and oxygen atoms in total. The van der Waals surface area contributed by atoms with Crippen molar-refractivity contribution < 1.29 is 5.11 Å². The van der Waals surface area contributed by atoms with E-state index < -0.39 is 0 Å². The van der Waals surface area contributed by atoms with Gasteiger partial charge in [-0.25, -0.2) is 0 Å². The first kappa shape index (κ1) is 11.1. The summed E-state index contributed by atoms with van der Waals surface area (Å²) in [4.78, 5) is 0. The standard InChI is InChI=1S/C14H17NO/c1-15-14(10-16)9-11-6-7-12-4-2-3-5-13(12)8-11/h2-8,14-16H,9-10H2,1H3. The summed E-state index contributed by atoms with van der Waals surface area (Å²) >= 11 is 0. The van der Waals surface area contributed by atoms with Crippen molar-refractivity contribution >= 4 is 10.8 Å². The number of hydrogen-bond acceptors (Lipinski definition) is 2. The van der Waals surface area contributed by atoms with Crippen molar-refractivity contribution in [3.8, 4) is 0 Å². The van der Waals surface area contributed by atoms with E-state index in [1.807, 2.05) is 19.2 Å². The van der Waals surface area contributed by atoms with Gasteiger partial charge in [-0.05, 0) is 29.8 Å². The van der Waals surface area contributed by atoms with Crippen LogP contribution in [-0.2, 0) is 6.42 Å². The van der Waals surface area contributed by atoms with Crippen molar-refractivity contribution in [2.45, 2.75) is 12.5 Å². The summed E-state index contributed by atoms with van der Waals surface area (Å²) in [6, 6.07) is 14.9. The maximum Gasteiger partial charge on any atom is 0.0587 e. The van der Waals surface area contributed by atoms with Crippen LogP contribution in [0.5, 0.6) is 0 Å². The molecule has 0 saturated heterocycles. The van der Waals surface area contributed by atoms with E-state index in [4.69, 9.17) is 5.11 Å². The van der Waals surface area contributed by atoms with Crippen molar-refractivity contribution in [3.63, 3.8) is 0 Å². The quantitative estimate of drug-likeness (QED) is 0.817. The first-order chi connectivity index (χ1) is 7.83. The molecule has 0 aliphatic heterocycles. The first-order valence-electron chi connectivity index (χ1n) is 5.59. The molecule has 16 heavy (non-hydrogen) atoms. The maximum atomic E-state index is 9.14. The van der Waals surface area contributed by atoms with E-state index in [2.05, 4.69) is 35.6 Å². The number of fused-ring (bicyclic) bond motifs is 1. The minimum absolute atomic E-state index is 0.140. The lowest BCUT2D eigenvalue weighted by molar-refractivity contribution is 0.248. The molecule has 2 rings (SSSR count). The Kier molecular flexibility index (Phi) is 3.54. The number of aliphatic hydroxyl groups is 1. The van der Waals surface area contributed by atoms with Gasteiger partial charge in [0.15, 0.2) is 0 Å². The third kappa shape index (κ3) is 2.40. The Morgan fingerprint density at radius 1 is 1.12 bits per heavy atom. The van der Waals surface area contributed by atoms with Gasteiger partial charge in [0.05, 0.1) is 6.61 Å². The summed E-state index contributed by atoms with van der Waals surface area (Å²) in [6.45, 7) is 0.170. The summed E-state index contributed by atoms with van der Waals surface area (Å²) in [5, 5.41) is 14.8. The van der Waals surface area contributed by atoms with E-state index in [0.717, 1.165) is 6.42 Å². The van der Waals surface area contributed by atoms with Gasteiger partial charge in [0.2, 0.25) is 0 Å². The zero-order chi connectivity index (χ0) is 11.4. The highest BCUT2D eigenvalue weighted by molar-refractivity contribution is 5.82. The molecule has 2 aromatic carbocycles. The fourth-order valence-corrected chi connectivity index (χ4v) is 1.91. The molecule has 0 radical (unpaired) electrons. The molecule has 0 aliphatic carbocycles. The van der Waals surface area contributed by atoms with E-state index in [-0.39, 0.29) is 12.6 Å². The minimum Gasteiger partial charge on any atom is -0.395 e. The van der Waals surface area contributed by atoms with Gasteiger partial charge in [-0.15, -0.1) is 0 Å². The fraction of sp³-hybridized carbons (Fsp3) is 0.286. The molecule has 0 aromatic heterocycles. The molecule has 2 heteroatoms. The van der Waals surface area contributed by atoms with Crippen LogP contribution < -0.4 is 5.32 Å². The van der Waals surface area contributed by atoms with Gasteiger partial charge in [0.25, 0.3) is 0 Å². The van der Waals surface area contributed by atoms with E-state index in [1.165, 1.54) is 16.3 Å². The second kappa shape index (κ2) is 5.10. The predicted octanol–water partition coefficient (Wildman–Crippen LogP) is 1.96. The first-order valence-corrected chi connectivity index (χ1v) is 5.59. The largest absolute Gasteiger partial charge is 0.395 e. The Bertz CT molecular complexity index is 463. The molecular formula is C14H17NO. The minimum atomic E-state index is 0.140. The van der Waals surface area contributed by atoms with Crippen LogP contribution in [0, 0.1) is 0 Å². The van der Waals surface area contributed by atoms with Gasteiger partial charge >= 0.3 is 0 Å². The van der Waals surface area contributed by atoms with Crippen LogP contribution in [0.4, 0.5) is 0 Å². The Hall–Kier alpha value is -1.38. The Morgan fingerprint density at radius 2 is 1.88 bits per heavy atom. The van der Waals surface area contributed by atoms with Crippen molar-refractivity contribution in [2.24, 2.45) is 0 Å². The summed E-state index contributed by atoms with van der Waals surface area (Å²) < 4.78 is 0. The summed E-state index contributed by atoms with van der Waals surface area (Å²) in [5.41, 5.74) is 1.26. The monoisotopic (exact) mass is 215 g/mol. The van der Waals surface area contributed by atoms with Crippen LogP contribution in [0.3, 0.4) is 0 Å². The molecule has 0 bridgehead atoms. The van der Waals surface area contributed by atoms with E-state index in [0.29, 0.717) is 0 Å². The highest BCUT2D eigenvalue weighted by atomic mass is 16.3. The molecule has 0 spiro atoms. The number of hydrogen-bond donors (Lipinski definition) is 2. The van der Waals surface area contributed by atoms with E-state index in [1.54, 1.807) is 0 Å². The van der Waals surface area contributed by atoms with Gasteiger partial charge in [0.1, 0.15) is 0 Å². The van der Waals surface area contributed by atoms with E-state index in [9.17, 15) is 0 Å². The molecule has 1 atom stereocenters. The average Bonchev–Trinajstić information content (AvgIpc) is 2.35. The number of nitrogens with one attached hydrogen (secondary N) is 1. The molecule has 1 unspecified atom stereocenters. The molecular weight excluding hydrogens is 198 g/mol. The third-order valence-electron chi connectivity index (χ3n) is 2.92. The van der Waals surface area contributed by atoms with Crippen molar-refractivity contribution in [3.05, 3.63) is 48.0 Å². The lowest BCUT2D eigenvalue weighted by Gasteiger charge is -2.13. The zero-order valence-corrected chi connectivity index (χ0v) is 9.48. The number of benzene rings is 2.